The van der Waals surface area contributed by atoms with Crippen molar-refractivity contribution in [1.29, 1.82) is 0 Å². The molecule has 78 valence electrons. The minimum atomic E-state index is 0.0894. The van der Waals surface area contributed by atoms with E-state index in [9.17, 15) is 4.79 Å². The van der Waals surface area contributed by atoms with E-state index in [0.717, 1.165) is 24.9 Å². The molecule has 2 fully saturated rings. The van der Waals surface area contributed by atoms with Gasteiger partial charge >= 0.3 is 0 Å². The number of rotatable bonds is 1. The fraction of sp³-hybridized carbons (Fsp3) is 0.455. The van der Waals surface area contributed by atoms with Gasteiger partial charge in [-0.3, -0.25) is 4.79 Å². The van der Waals surface area contributed by atoms with Crippen molar-refractivity contribution in [3.63, 3.8) is 0 Å². The Kier molecular flexibility index (Phi) is 1.96. The van der Waals surface area contributed by atoms with E-state index in [1.54, 1.807) is 18.3 Å². The third kappa shape index (κ3) is 1.61. The SMILES string of the molecule is O=C(c1ccnc(Cl)c1)N1CC2CC2C1. The first kappa shape index (κ1) is 9.16. The number of carbonyl (C=O) groups excluding carboxylic acids is 1. The number of piperidine rings is 1. The minimum Gasteiger partial charge on any atom is -0.338 e. The van der Waals surface area contributed by atoms with Crippen molar-refractivity contribution in [2.24, 2.45) is 11.8 Å². The fourth-order valence-electron chi connectivity index (χ4n) is 2.28. The van der Waals surface area contributed by atoms with Gasteiger partial charge in [0.1, 0.15) is 5.15 Å². The lowest BCUT2D eigenvalue weighted by Gasteiger charge is -2.17. The molecule has 0 aromatic carbocycles. The monoisotopic (exact) mass is 222 g/mol. The summed E-state index contributed by atoms with van der Waals surface area (Å²) >= 11 is 5.75. The van der Waals surface area contributed by atoms with Crippen molar-refractivity contribution < 1.29 is 4.79 Å². The zero-order chi connectivity index (χ0) is 10.4. The minimum absolute atomic E-state index is 0.0894. The predicted molar refractivity (Wildman–Crippen MR) is 56.7 cm³/mol. The van der Waals surface area contributed by atoms with Gasteiger partial charge in [0.25, 0.3) is 5.91 Å². The van der Waals surface area contributed by atoms with Gasteiger partial charge in [0.2, 0.25) is 0 Å². The maximum atomic E-state index is 12.0. The Bertz CT molecular complexity index is 411. The van der Waals surface area contributed by atoms with Gasteiger partial charge in [0.15, 0.2) is 0 Å². The van der Waals surface area contributed by atoms with E-state index in [1.807, 2.05) is 4.90 Å². The second-order valence-electron chi connectivity index (χ2n) is 4.33. The van der Waals surface area contributed by atoms with E-state index >= 15 is 0 Å². The molecule has 2 aliphatic rings. The molecule has 1 aliphatic heterocycles. The largest absolute Gasteiger partial charge is 0.338 e. The average molecular weight is 223 g/mol. The van der Waals surface area contributed by atoms with E-state index in [1.165, 1.54) is 6.42 Å². The number of hydrogen-bond acceptors (Lipinski definition) is 2. The van der Waals surface area contributed by atoms with Crippen molar-refractivity contribution in [2.45, 2.75) is 6.42 Å². The number of nitrogens with zero attached hydrogens (tertiary/aromatic N) is 2. The lowest BCUT2D eigenvalue weighted by Crippen LogP contribution is -2.30. The van der Waals surface area contributed by atoms with Crippen LogP contribution in [-0.2, 0) is 0 Å². The van der Waals surface area contributed by atoms with E-state index in [-0.39, 0.29) is 5.91 Å². The van der Waals surface area contributed by atoms with Gasteiger partial charge < -0.3 is 4.90 Å². The summed E-state index contributed by atoms with van der Waals surface area (Å²) in [5.74, 6) is 1.63. The number of carbonyl (C=O) groups is 1. The molecule has 2 heterocycles. The maximum absolute atomic E-state index is 12.0. The van der Waals surface area contributed by atoms with Crippen molar-refractivity contribution in [3.8, 4) is 0 Å². The molecule has 4 heteroatoms. The molecule has 2 atom stereocenters. The van der Waals surface area contributed by atoms with Gasteiger partial charge in [-0.15, -0.1) is 0 Å². The summed E-state index contributed by atoms with van der Waals surface area (Å²) in [6.07, 6.45) is 2.88. The summed E-state index contributed by atoms with van der Waals surface area (Å²) in [7, 11) is 0. The summed E-state index contributed by atoms with van der Waals surface area (Å²) in [5, 5.41) is 0.380. The van der Waals surface area contributed by atoms with Crippen LogP contribution >= 0.6 is 11.6 Å². The molecule has 3 rings (SSSR count). The van der Waals surface area contributed by atoms with Crippen LogP contribution in [-0.4, -0.2) is 28.9 Å². The number of amides is 1. The van der Waals surface area contributed by atoms with Crippen LogP contribution in [0, 0.1) is 11.8 Å². The molecule has 1 saturated heterocycles. The fourth-order valence-corrected chi connectivity index (χ4v) is 2.46. The highest BCUT2D eigenvalue weighted by Crippen LogP contribution is 2.45. The first-order valence-electron chi connectivity index (χ1n) is 5.15. The van der Waals surface area contributed by atoms with Crippen LogP contribution in [0.2, 0.25) is 5.15 Å². The van der Waals surface area contributed by atoms with Gasteiger partial charge in [-0.1, -0.05) is 11.6 Å². The van der Waals surface area contributed by atoms with Crippen LogP contribution in [0.4, 0.5) is 0 Å². The Morgan fingerprint density at radius 2 is 2.20 bits per heavy atom. The molecule has 2 unspecified atom stereocenters. The van der Waals surface area contributed by atoms with Gasteiger partial charge in [0.05, 0.1) is 0 Å². The van der Waals surface area contributed by atoms with Gasteiger partial charge in [-0.2, -0.15) is 0 Å². The van der Waals surface area contributed by atoms with E-state index in [2.05, 4.69) is 4.98 Å². The molecule has 1 saturated carbocycles. The number of aromatic nitrogens is 1. The highest BCUT2D eigenvalue weighted by molar-refractivity contribution is 6.29. The molecule has 1 aromatic rings. The molecule has 1 aliphatic carbocycles. The van der Waals surface area contributed by atoms with Crippen LogP contribution in [0.5, 0.6) is 0 Å². The second-order valence-corrected chi connectivity index (χ2v) is 4.72. The molecular weight excluding hydrogens is 212 g/mol. The van der Waals surface area contributed by atoms with E-state index in [0.29, 0.717) is 10.7 Å². The molecule has 15 heavy (non-hydrogen) atoms. The highest BCUT2D eigenvalue weighted by Gasteiger charge is 2.46. The Hall–Kier alpha value is -1.09. The lowest BCUT2D eigenvalue weighted by atomic mass is 10.2. The number of hydrogen-bond donors (Lipinski definition) is 0. The van der Waals surface area contributed by atoms with Crippen molar-refractivity contribution in [3.05, 3.63) is 29.0 Å². The molecule has 0 radical (unpaired) electrons. The predicted octanol–water partition coefficient (Wildman–Crippen LogP) is 1.83. The Morgan fingerprint density at radius 3 is 2.87 bits per heavy atom. The summed E-state index contributed by atoms with van der Waals surface area (Å²) in [6, 6.07) is 3.35. The molecule has 1 amide bonds. The smallest absolute Gasteiger partial charge is 0.254 e. The first-order chi connectivity index (χ1) is 7.24. The topological polar surface area (TPSA) is 33.2 Å². The van der Waals surface area contributed by atoms with Crippen LogP contribution in [0.3, 0.4) is 0 Å². The number of pyridine rings is 1. The van der Waals surface area contributed by atoms with Crippen LogP contribution in [0.15, 0.2) is 18.3 Å². The van der Waals surface area contributed by atoms with Crippen molar-refractivity contribution in [2.75, 3.05) is 13.1 Å². The molecule has 0 bridgehead atoms. The summed E-state index contributed by atoms with van der Waals surface area (Å²) < 4.78 is 0. The molecule has 1 aromatic heterocycles. The Labute approximate surface area is 93.1 Å². The summed E-state index contributed by atoms with van der Waals surface area (Å²) in [4.78, 5) is 17.8. The third-order valence-corrected chi connectivity index (χ3v) is 3.45. The highest BCUT2D eigenvalue weighted by atomic mass is 35.5. The van der Waals surface area contributed by atoms with Crippen molar-refractivity contribution in [1.82, 2.24) is 9.88 Å². The summed E-state index contributed by atoms with van der Waals surface area (Å²) in [6.45, 7) is 1.84. The normalized spacial score (nSPS) is 27.7. The number of halogens is 1. The quantitative estimate of drug-likeness (QED) is 0.680. The molecule has 0 spiro atoms. The van der Waals surface area contributed by atoms with Crippen molar-refractivity contribution >= 4 is 17.5 Å². The van der Waals surface area contributed by atoms with Gasteiger partial charge in [0, 0.05) is 24.8 Å². The molecular formula is C11H11ClN2O. The van der Waals surface area contributed by atoms with Gasteiger partial charge in [-0.05, 0) is 30.4 Å². The third-order valence-electron chi connectivity index (χ3n) is 3.24. The average Bonchev–Trinajstić information content (AvgIpc) is 2.85. The lowest BCUT2D eigenvalue weighted by molar-refractivity contribution is 0.0775. The Balaban J connectivity index is 1.79. The van der Waals surface area contributed by atoms with Crippen LogP contribution in [0.1, 0.15) is 16.8 Å². The number of fused-ring (bicyclic) bond motifs is 1. The molecule has 3 nitrogen and oxygen atoms in total. The standard InChI is InChI=1S/C11H11ClN2O/c12-10-4-7(1-2-13-10)11(15)14-5-8-3-9(8)6-14/h1-2,4,8-9H,3,5-6H2. The molecule has 0 N–H and O–H groups in total. The van der Waals surface area contributed by atoms with Gasteiger partial charge in [-0.25, -0.2) is 4.98 Å². The second kappa shape index (κ2) is 3.20. The van der Waals surface area contributed by atoms with E-state index < -0.39 is 0 Å². The van der Waals surface area contributed by atoms with E-state index in [4.69, 9.17) is 11.6 Å². The number of likely N-dealkylation sites (tertiary alicyclic amines) is 1. The summed E-state index contributed by atoms with van der Waals surface area (Å²) in [5.41, 5.74) is 0.649. The first-order valence-corrected chi connectivity index (χ1v) is 5.52. The zero-order valence-corrected chi connectivity index (χ0v) is 8.94. The maximum Gasteiger partial charge on any atom is 0.254 e. The van der Waals surface area contributed by atoms with Crippen LogP contribution < -0.4 is 0 Å². The zero-order valence-electron chi connectivity index (χ0n) is 8.19. The van der Waals surface area contributed by atoms with Crippen LogP contribution in [0.25, 0.3) is 0 Å². The Morgan fingerprint density at radius 1 is 1.47 bits per heavy atom.